The molecule has 0 spiro atoms. The second-order valence-electron chi connectivity index (χ2n) is 14.8. The molecule has 56 heavy (non-hydrogen) atoms. The topological polar surface area (TPSA) is 47.5 Å². The summed E-state index contributed by atoms with van der Waals surface area (Å²) in [7, 11) is 0. The zero-order valence-corrected chi connectivity index (χ0v) is 30.0. The van der Waals surface area contributed by atoms with Crippen LogP contribution in [0.1, 0.15) is 0 Å². The van der Waals surface area contributed by atoms with Gasteiger partial charge in [0.2, 0.25) is 0 Å². The molecule has 5 nitrogen and oxygen atoms in total. The Morgan fingerprint density at radius 2 is 0.839 bits per heavy atom. The van der Waals surface area contributed by atoms with Gasteiger partial charge < -0.3 is 8.80 Å². The zero-order chi connectivity index (χ0) is 36.5. The lowest BCUT2D eigenvalue weighted by molar-refractivity contribution is 1.07. The molecule has 258 valence electrons. The van der Waals surface area contributed by atoms with Gasteiger partial charge in [-0.05, 0) is 51.9 Å². The molecule has 4 heterocycles. The van der Waals surface area contributed by atoms with Gasteiger partial charge >= 0.3 is 0 Å². The van der Waals surface area contributed by atoms with Gasteiger partial charge in [0.1, 0.15) is 0 Å². The lowest BCUT2D eigenvalue weighted by Gasteiger charge is -2.16. The van der Waals surface area contributed by atoms with Crippen LogP contribution in [0.15, 0.2) is 176 Å². The quantitative estimate of drug-likeness (QED) is 0.171. The molecule has 0 amide bonds. The number of rotatable bonds is 3. The predicted molar refractivity (Wildman–Crippen MR) is 232 cm³/mol. The van der Waals surface area contributed by atoms with E-state index in [-0.39, 0.29) is 0 Å². The largest absolute Gasteiger partial charge is 0.306 e. The lowest BCUT2D eigenvalue weighted by atomic mass is 9.96. The first-order valence-corrected chi connectivity index (χ1v) is 19.0. The fourth-order valence-electron chi connectivity index (χ4n) is 9.44. The molecule has 0 saturated carbocycles. The van der Waals surface area contributed by atoms with Crippen LogP contribution >= 0.6 is 0 Å². The van der Waals surface area contributed by atoms with E-state index >= 15 is 0 Å². The second kappa shape index (κ2) is 11.0. The van der Waals surface area contributed by atoms with E-state index in [0.29, 0.717) is 17.5 Å². The van der Waals surface area contributed by atoms with E-state index in [1.54, 1.807) is 0 Å². The van der Waals surface area contributed by atoms with Gasteiger partial charge in [-0.15, -0.1) is 0 Å². The summed E-state index contributed by atoms with van der Waals surface area (Å²) < 4.78 is 5.06. The van der Waals surface area contributed by atoms with Crippen LogP contribution in [0.25, 0.3) is 121 Å². The third kappa shape index (κ3) is 3.95. The Morgan fingerprint density at radius 1 is 0.286 bits per heavy atom. The van der Waals surface area contributed by atoms with E-state index in [1.807, 2.05) is 36.4 Å². The fraction of sp³-hybridized carbons (Fsp3) is 0. The molecule has 0 bridgehead atoms. The molecule has 0 saturated heterocycles. The summed E-state index contributed by atoms with van der Waals surface area (Å²) in [5.41, 5.74) is 9.88. The first-order valence-electron chi connectivity index (χ1n) is 19.0. The predicted octanol–water partition coefficient (Wildman–Crippen LogP) is 12.9. The summed E-state index contributed by atoms with van der Waals surface area (Å²) in [6.45, 7) is 0. The maximum atomic E-state index is 5.21. The minimum Gasteiger partial charge on any atom is -0.306 e. The summed E-state index contributed by atoms with van der Waals surface area (Å²) in [5, 5.41) is 12.2. The van der Waals surface area contributed by atoms with Gasteiger partial charge in [-0.25, -0.2) is 15.0 Å². The van der Waals surface area contributed by atoms with Crippen LogP contribution in [-0.2, 0) is 0 Å². The molecular weight excluding hydrogens is 683 g/mol. The van der Waals surface area contributed by atoms with Gasteiger partial charge in [-0.1, -0.05) is 146 Å². The van der Waals surface area contributed by atoms with Crippen LogP contribution in [0.5, 0.6) is 0 Å². The highest BCUT2D eigenvalue weighted by atomic mass is 15.0. The van der Waals surface area contributed by atoms with Crippen molar-refractivity contribution in [1.82, 2.24) is 23.8 Å². The van der Waals surface area contributed by atoms with Crippen molar-refractivity contribution in [3.63, 3.8) is 0 Å². The number of hydrogen-bond acceptors (Lipinski definition) is 3. The van der Waals surface area contributed by atoms with Crippen LogP contribution in [0.2, 0.25) is 0 Å². The molecule has 4 aromatic heterocycles. The maximum absolute atomic E-state index is 5.21. The second-order valence-corrected chi connectivity index (χ2v) is 14.8. The minimum atomic E-state index is 0.636. The summed E-state index contributed by atoms with van der Waals surface area (Å²) in [6.07, 6.45) is 0. The van der Waals surface area contributed by atoms with Crippen LogP contribution in [0, 0.1) is 0 Å². The van der Waals surface area contributed by atoms with Crippen molar-refractivity contribution in [3.8, 4) is 34.2 Å². The van der Waals surface area contributed by atoms with Gasteiger partial charge in [0.15, 0.2) is 17.5 Å². The summed E-state index contributed by atoms with van der Waals surface area (Å²) >= 11 is 0. The molecular formula is C51H29N5. The Bertz CT molecular complexity index is 3690. The van der Waals surface area contributed by atoms with Crippen molar-refractivity contribution >= 4 is 87.0 Å². The Kier molecular flexibility index (Phi) is 5.83. The van der Waals surface area contributed by atoms with Crippen molar-refractivity contribution in [3.05, 3.63) is 176 Å². The molecule has 0 radical (unpaired) electrons. The van der Waals surface area contributed by atoms with Crippen LogP contribution in [-0.4, -0.2) is 23.8 Å². The molecule has 0 unspecified atom stereocenters. The first kappa shape index (κ1) is 29.8. The highest BCUT2D eigenvalue weighted by molar-refractivity contribution is 6.32. The van der Waals surface area contributed by atoms with Crippen molar-refractivity contribution in [1.29, 1.82) is 0 Å². The summed E-state index contributed by atoms with van der Waals surface area (Å²) in [6, 6.07) is 63.1. The molecule has 0 aliphatic heterocycles. The van der Waals surface area contributed by atoms with Crippen molar-refractivity contribution in [2.75, 3.05) is 0 Å². The molecule has 9 aromatic carbocycles. The molecule has 0 fully saturated rings. The van der Waals surface area contributed by atoms with Gasteiger partial charge in [0, 0.05) is 49.0 Å². The van der Waals surface area contributed by atoms with Crippen molar-refractivity contribution in [2.45, 2.75) is 0 Å². The van der Waals surface area contributed by atoms with Gasteiger partial charge in [0.25, 0.3) is 0 Å². The number of aromatic nitrogens is 5. The standard InChI is InChI=1S/C51H29N5/c1-3-13-31(14-4-1)49-52-50(32-15-5-2-6-16-32)54-51(53-49)35-27-34-24-23-30-25-26-38-37-19-9-11-21-40(37)56-43-28-33-17-7-8-18-36(33)46-39-20-10-12-22-41(39)55(48(43)46)42(29-35)44(34)45(30)47(38)56/h1-29H. The fourth-order valence-corrected chi connectivity index (χ4v) is 9.44. The first-order chi connectivity index (χ1) is 27.8. The monoisotopic (exact) mass is 711 g/mol. The average Bonchev–Trinajstić information content (AvgIpc) is 3.79. The number of para-hydroxylation sites is 2. The van der Waals surface area contributed by atoms with Crippen molar-refractivity contribution in [2.24, 2.45) is 0 Å². The zero-order valence-electron chi connectivity index (χ0n) is 30.0. The molecule has 0 atom stereocenters. The van der Waals surface area contributed by atoms with Gasteiger partial charge in [-0.2, -0.15) is 0 Å². The SMILES string of the molecule is c1ccc(-c2nc(-c3ccccc3)nc(-c3cc4ccc5ccc6c7ccccc7n7c8cc9ccccc9c9c%10ccccc%10n(c(c3)c4c5c67)c98)n2)cc1. The smallest absolute Gasteiger partial charge is 0.164 e. The molecule has 0 N–H and O–H groups in total. The Hall–Kier alpha value is -7.63. The average molecular weight is 712 g/mol. The minimum absolute atomic E-state index is 0.636. The van der Waals surface area contributed by atoms with E-state index in [4.69, 9.17) is 15.0 Å². The van der Waals surface area contributed by atoms with Crippen LogP contribution in [0.3, 0.4) is 0 Å². The van der Waals surface area contributed by atoms with E-state index in [0.717, 1.165) is 33.1 Å². The molecule has 5 heteroatoms. The normalized spacial score (nSPS) is 12.3. The van der Waals surface area contributed by atoms with E-state index in [1.165, 1.54) is 70.5 Å². The van der Waals surface area contributed by atoms with E-state index < -0.39 is 0 Å². The van der Waals surface area contributed by atoms with Gasteiger partial charge in [0.05, 0.1) is 33.1 Å². The Labute approximate surface area is 319 Å². The Balaban J connectivity index is 1.30. The number of hydrogen-bond donors (Lipinski definition) is 0. The molecule has 13 rings (SSSR count). The summed E-state index contributed by atoms with van der Waals surface area (Å²) in [5.74, 6) is 1.93. The Morgan fingerprint density at radius 3 is 1.57 bits per heavy atom. The van der Waals surface area contributed by atoms with Crippen LogP contribution in [0.4, 0.5) is 0 Å². The molecule has 0 aliphatic rings. The maximum Gasteiger partial charge on any atom is 0.164 e. The van der Waals surface area contributed by atoms with Crippen molar-refractivity contribution < 1.29 is 0 Å². The van der Waals surface area contributed by atoms with Crippen LogP contribution < -0.4 is 0 Å². The number of nitrogens with zero attached hydrogens (tertiary/aromatic N) is 5. The van der Waals surface area contributed by atoms with E-state index in [2.05, 4.69) is 148 Å². The third-order valence-corrected chi connectivity index (χ3v) is 11.8. The van der Waals surface area contributed by atoms with Gasteiger partial charge in [-0.3, -0.25) is 0 Å². The lowest BCUT2D eigenvalue weighted by Crippen LogP contribution is -2.01. The highest BCUT2D eigenvalue weighted by Gasteiger charge is 2.23. The van der Waals surface area contributed by atoms with E-state index in [9.17, 15) is 0 Å². The molecule has 0 aliphatic carbocycles. The number of fused-ring (bicyclic) bond motifs is 10. The summed E-state index contributed by atoms with van der Waals surface area (Å²) in [4.78, 5) is 15.4. The molecule has 13 aromatic rings. The third-order valence-electron chi connectivity index (χ3n) is 11.8. The number of benzene rings is 9. The highest BCUT2D eigenvalue weighted by Crippen LogP contribution is 2.46.